The summed E-state index contributed by atoms with van der Waals surface area (Å²) >= 11 is 0. The van der Waals surface area contributed by atoms with E-state index in [9.17, 15) is 8.42 Å². The van der Waals surface area contributed by atoms with Crippen LogP contribution in [0.3, 0.4) is 0 Å². The zero-order valence-electron chi connectivity index (χ0n) is 19.8. The van der Waals surface area contributed by atoms with Crippen molar-refractivity contribution in [3.63, 3.8) is 0 Å². The second-order valence-electron chi connectivity index (χ2n) is 8.93. The number of hydrogen-bond donors (Lipinski definition) is 0. The van der Waals surface area contributed by atoms with Crippen molar-refractivity contribution in [2.45, 2.75) is 31.1 Å². The van der Waals surface area contributed by atoms with Crippen molar-refractivity contribution in [2.75, 3.05) is 6.26 Å². The lowest BCUT2D eigenvalue weighted by Crippen LogP contribution is -2.18. The monoisotopic (exact) mass is 472 g/mol. The van der Waals surface area contributed by atoms with Gasteiger partial charge in [-0.3, -0.25) is 0 Å². The van der Waals surface area contributed by atoms with Crippen molar-refractivity contribution >= 4 is 9.84 Å². The van der Waals surface area contributed by atoms with E-state index in [1.165, 1.54) is 17.4 Å². The summed E-state index contributed by atoms with van der Waals surface area (Å²) in [6.07, 6.45) is 1.19. The van der Waals surface area contributed by atoms with Crippen LogP contribution in [0.1, 0.15) is 30.5 Å². The third-order valence-electron chi connectivity index (χ3n) is 5.90. The average Bonchev–Trinajstić information content (AvgIpc) is 2.81. The highest BCUT2D eigenvalue weighted by Crippen LogP contribution is 2.34. The third-order valence-corrected chi connectivity index (χ3v) is 7.02. The van der Waals surface area contributed by atoms with E-state index in [1.54, 1.807) is 24.3 Å². The van der Waals surface area contributed by atoms with Gasteiger partial charge in [-0.15, -0.1) is 0 Å². The summed E-state index contributed by atoms with van der Waals surface area (Å²) in [5.41, 5.74) is 3.32. The Balaban J connectivity index is 1.45. The molecular weight excluding hydrogens is 444 g/mol. The normalized spacial score (nSPS) is 11.8. The first-order valence-electron chi connectivity index (χ1n) is 11.0. The molecule has 0 aromatic heterocycles. The summed E-state index contributed by atoms with van der Waals surface area (Å²) in [4.78, 5) is 0.271. The van der Waals surface area contributed by atoms with Gasteiger partial charge in [0.25, 0.3) is 0 Å². The lowest BCUT2D eigenvalue weighted by Gasteiger charge is -2.26. The van der Waals surface area contributed by atoms with Gasteiger partial charge < -0.3 is 9.47 Å². The van der Waals surface area contributed by atoms with Gasteiger partial charge in [-0.1, -0.05) is 55.8 Å². The molecule has 4 aromatic rings. The molecule has 0 spiro atoms. The first-order valence-corrected chi connectivity index (χ1v) is 12.9. The molecule has 0 unspecified atom stereocenters. The SMILES string of the molecule is Cc1ccc(Oc2ccc(C(C)(C)c3ccc(Oc4ccc(S(C)(=O)=O)cc4)cc3)cc2)cc1. The van der Waals surface area contributed by atoms with Gasteiger partial charge >= 0.3 is 0 Å². The smallest absolute Gasteiger partial charge is 0.175 e. The predicted octanol–water partition coefficient (Wildman–Crippen LogP) is 7.31. The first kappa shape index (κ1) is 23.6. The molecule has 0 atom stereocenters. The predicted molar refractivity (Wildman–Crippen MR) is 136 cm³/mol. The van der Waals surface area contributed by atoms with Crippen LogP contribution in [0.2, 0.25) is 0 Å². The number of rotatable bonds is 7. The van der Waals surface area contributed by atoms with Crippen LogP contribution in [0, 0.1) is 6.92 Å². The van der Waals surface area contributed by atoms with Crippen LogP contribution in [0.5, 0.6) is 23.0 Å². The maximum absolute atomic E-state index is 11.6. The maximum atomic E-state index is 11.6. The molecule has 0 saturated heterocycles. The molecule has 0 N–H and O–H groups in total. The molecule has 4 rings (SSSR count). The lowest BCUT2D eigenvalue weighted by atomic mass is 9.78. The molecule has 0 amide bonds. The van der Waals surface area contributed by atoms with Crippen LogP contribution in [-0.2, 0) is 15.3 Å². The molecule has 34 heavy (non-hydrogen) atoms. The first-order chi connectivity index (χ1) is 16.1. The molecule has 0 fully saturated rings. The lowest BCUT2D eigenvalue weighted by molar-refractivity contribution is 0.481. The zero-order valence-corrected chi connectivity index (χ0v) is 20.6. The van der Waals surface area contributed by atoms with E-state index in [0.29, 0.717) is 11.5 Å². The molecule has 4 aromatic carbocycles. The van der Waals surface area contributed by atoms with Crippen molar-refractivity contribution in [3.05, 3.63) is 114 Å². The highest BCUT2D eigenvalue weighted by Gasteiger charge is 2.23. The summed E-state index contributed by atoms with van der Waals surface area (Å²) in [5, 5.41) is 0. The topological polar surface area (TPSA) is 52.6 Å². The second-order valence-corrected chi connectivity index (χ2v) is 11.0. The molecule has 0 bridgehead atoms. The van der Waals surface area contributed by atoms with Crippen molar-refractivity contribution in [1.82, 2.24) is 0 Å². The highest BCUT2D eigenvalue weighted by molar-refractivity contribution is 7.90. The minimum Gasteiger partial charge on any atom is -0.457 e. The Labute approximate surface area is 201 Å². The Kier molecular flexibility index (Phi) is 6.49. The zero-order chi connectivity index (χ0) is 24.3. The molecule has 5 heteroatoms. The number of hydrogen-bond acceptors (Lipinski definition) is 4. The average molecular weight is 473 g/mol. The van der Waals surface area contributed by atoms with Gasteiger partial charge in [-0.05, 0) is 78.7 Å². The highest BCUT2D eigenvalue weighted by atomic mass is 32.2. The minimum absolute atomic E-state index is 0.210. The van der Waals surface area contributed by atoms with E-state index in [0.717, 1.165) is 17.1 Å². The fourth-order valence-electron chi connectivity index (χ4n) is 3.68. The van der Waals surface area contributed by atoms with Crippen molar-refractivity contribution in [3.8, 4) is 23.0 Å². The fraction of sp³-hybridized carbons (Fsp3) is 0.172. The van der Waals surface area contributed by atoms with E-state index < -0.39 is 9.84 Å². The Hall–Kier alpha value is -3.57. The number of benzene rings is 4. The van der Waals surface area contributed by atoms with Crippen molar-refractivity contribution < 1.29 is 17.9 Å². The van der Waals surface area contributed by atoms with Gasteiger partial charge in [0.2, 0.25) is 0 Å². The molecule has 0 radical (unpaired) electrons. The quantitative estimate of drug-likeness (QED) is 0.283. The standard InChI is InChI=1S/C29H28O4S/c1-21-5-11-24(12-6-21)32-25-13-7-22(8-14-25)29(2,3)23-9-15-26(16-10-23)33-27-17-19-28(20-18-27)34(4,30)31/h5-20H,1-4H3. The molecule has 0 aliphatic rings. The maximum Gasteiger partial charge on any atom is 0.175 e. The summed E-state index contributed by atoms with van der Waals surface area (Å²) in [7, 11) is -3.22. The van der Waals surface area contributed by atoms with Crippen LogP contribution in [-0.4, -0.2) is 14.7 Å². The summed E-state index contributed by atoms with van der Waals surface area (Å²) in [6, 6.07) is 30.6. The molecule has 0 heterocycles. The van der Waals surface area contributed by atoms with Crippen LogP contribution in [0.4, 0.5) is 0 Å². The Morgan fingerprint density at radius 3 is 1.24 bits per heavy atom. The molecule has 0 aliphatic heterocycles. The van der Waals surface area contributed by atoms with Gasteiger partial charge in [0.05, 0.1) is 4.90 Å². The van der Waals surface area contributed by atoms with Gasteiger partial charge in [0, 0.05) is 11.7 Å². The largest absolute Gasteiger partial charge is 0.457 e. The second kappa shape index (κ2) is 9.35. The van der Waals surface area contributed by atoms with Crippen LogP contribution < -0.4 is 9.47 Å². The molecule has 0 aliphatic carbocycles. The number of aryl methyl sites for hydroxylation is 1. The van der Waals surface area contributed by atoms with E-state index >= 15 is 0 Å². The van der Waals surface area contributed by atoms with E-state index in [-0.39, 0.29) is 10.3 Å². The fourth-order valence-corrected chi connectivity index (χ4v) is 4.31. The Morgan fingerprint density at radius 1 is 0.559 bits per heavy atom. The molecule has 174 valence electrons. The van der Waals surface area contributed by atoms with E-state index in [2.05, 4.69) is 45.0 Å². The van der Waals surface area contributed by atoms with Gasteiger partial charge in [-0.25, -0.2) is 8.42 Å². The van der Waals surface area contributed by atoms with Gasteiger partial charge in [0.15, 0.2) is 9.84 Å². The van der Waals surface area contributed by atoms with Crippen molar-refractivity contribution in [1.29, 1.82) is 0 Å². The number of ether oxygens (including phenoxy) is 2. The van der Waals surface area contributed by atoms with E-state index in [1.807, 2.05) is 48.5 Å². The summed E-state index contributed by atoms with van der Waals surface area (Å²) in [6.45, 7) is 6.42. The number of sulfone groups is 1. The van der Waals surface area contributed by atoms with E-state index in [4.69, 9.17) is 9.47 Å². The van der Waals surface area contributed by atoms with Crippen LogP contribution >= 0.6 is 0 Å². The van der Waals surface area contributed by atoms with Crippen molar-refractivity contribution in [2.24, 2.45) is 0 Å². The Bertz CT molecular complexity index is 1350. The molecule has 4 nitrogen and oxygen atoms in total. The van der Waals surface area contributed by atoms with Crippen LogP contribution in [0.15, 0.2) is 102 Å². The van der Waals surface area contributed by atoms with Crippen LogP contribution in [0.25, 0.3) is 0 Å². The summed E-state index contributed by atoms with van der Waals surface area (Å²) < 4.78 is 35.1. The Morgan fingerprint density at radius 2 is 0.882 bits per heavy atom. The minimum atomic E-state index is -3.22. The van der Waals surface area contributed by atoms with Gasteiger partial charge in [-0.2, -0.15) is 0 Å². The van der Waals surface area contributed by atoms with Gasteiger partial charge in [0.1, 0.15) is 23.0 Å². The molecular formula is C29H28O4S. The third kappa shape index (κ3) is 5.49. The molecule has 0 saturated carbocycles. The summed E-state index contributed by atoms with van der Waals surface area (Å²) in [5.74, 6) is 2.89.